The lowest BCUT2D eigenvalue weighted by Gasteiger charge is -1.99. The van der Waals surface area contributed by atoms with Gasteiger partial charge in [0, 0.05) is 4.70 Å². The molecule has 2 rings (SSSR count). The van der Waals surface area contributed by atoms with Gasteiger partial charge in [0.25, 0.3) is 0 Å². The Morgan fingerprint density at radius 2 is 2.19 bits per heavy atom. The zero-order valence-electron chi connectivity index (χ0n) is 8.94. The van der Waals surface area contributed by atoms with Crippen LogP contribution < -0.4 is 0 Å². The van der Waals surface area contributed by atoms with Crippen molar-refractivity contribution in [3.63, 3.8) is 0 Å². The van der Waals surface area contributed by atoms with Crippen LogP contribution in [0.3, 0.4) is 0 Å². The second-order valence-electron chi connectivity index (χ2n) is 3.41. The highest BCUT2D eigenvalue weighted by atomic mass is 32.1. The average molecular weight is 234 g/mol. The highest BCUT2D eigenvalue weighted by Gasteiger charge is 2.11. The highest BCUT2D eigenvalue weighted by molar-refractivity contribution is 7.20. The van der Waals surface area contributed by atoms with Gasteiger partial charge < -0.3 is 4.74 Å². The number of benzene rings is 1. The third-order valence-corrected chi connectivity index (χ3v) is 3.70. The van der Waals surface area contributed by atoms with Crippen molar-refractivity contribution in [1.29, 1.82) is 0 Å². The maximum Gasteiger partial charge on any atom is 0.337 e. The molecular formula is C12H10O3S. The van der Waals surface area contributed by atoms with E-state index in [-0.39, 0.29) is 5.97 Å². The number of hydrogen-bond donors (Lipinski definition) is 0. The van der Waals surface area contributed by atoms with Crippen LogP contribution in [0.1, 0.15) is 25.6 Å². The number of aryl methyl sites for hydroxylation is 1. The molecule has 0 saturated heterocycles. The van der Waals surface area contributed by atoms with E-state index in [2.05, 4.69) is 4.74 Å². The number of fused-ring (bicyclic) bond motifs is 1. The fourth-order valence-corrected chi connectivity index (χ4v) is 2.60. The summed E-state index contributed by atoms with van der Waals surface area (Å²) in [5.74, 6) is -0.361. The van der Waals surface area contributed by atoms with E-state index >= 15 is 0 Å². The summed E-state index contributed by atoms with van der Waals surface area (Å²) in [7, 11) is 1.35. The SMILES string of the molecule is COC(=O)c1ccc2sc(C=O)c(C)c2c1. The van der Waals surface area contributed by atoms with E-state index in [1.54, 1.807) is 12.1 Å². The molecule has 16 heavy (non-hydrogen) atoms. The Morgan fingerprint density at radius 1 is 1.44 bits per heavy atom. The molecule has 0 saturated carbocycles. The Morgan fingerprint density at radius 3 is 2.81 bits per heavy atom. The Hall–Kier alpha value is -1.68. The van der Waals surface area contributed by atoms with E-state index < -0.39 is 0 Å². The lowest BCUT2D eigenvalue weighted by Crippen LogP contribution is -2.00. The molecule has 2 aromatic rings. The molecule has 0 aliphatic heterocycles. The summed E-state index contributed by atoms with van der Waals surface area (Å²) in [5, 5.41) is 0.940. The zero-order chi connectivity index (χ0) is 11.7. The molecule has 82 valence electrons. The largest absolute Gasteiger partial charge is 0.465 e. The molecule has 0 aliphatic rings. The summed E-state index contributed by atoms with van der Waals surface area (Å²) in [6.45, 7) is 1.88. The van der Waals surface area contributed by atoms with Crippen molar-refractivity contribution in [2.75, 3.05) is 7.11 Å². The summed E-state index contributed by atoms with van der Waals surface area (Å²) in [6, 6.07) is 5.31. The maximum atomic E-state index is 11.4. The number of carbonyl (C=O) groups is 2. The minimum atomic E-state index is -0.361. The molecule has 0 amide bonds. The van der Waals surface area contributed by atoms with E-state index in [0.29, 0.717) is 10.4 Å². The first-order chi connectivity index (χ1) is 7.67. The summed E-state index contributed by atoms with van der Waals surface area (Å²) in [6.07, 6.45) is 0.845. The first-order valence-corrected chi connectivity index (χ1v) is 5.55. The van der Waals surface area contributed by atoms with Crippen LogP contribution >= 0.6 is 11.3 Å². The molecule has 0 radical (unpaired) electrons. The fourth-order valence-electron chi connectivity index (χ4n) is 1.60. The van der Waals surface area contributed by atoms with Gasteiger partial charge in [0.1, 0.15) is 0 Å². The molecule has 3 nitrogen and oxygen atoms in total. The van der Waals surface area contributed by atoms with Gasteiger partial charge in [-0.25, -0.2) is 4.79 Å². The number of hydrogen-bond acceptors (Lipinski definition) is 4. The topological polar surface area (TPSA) is 43.4 Å². The van der Waals surface area contributed by atoms with Crippen LogP contribution in [-0.2, 0) is 4.74 Å². The molecular weight excluding hydrogens is 224 g/mol. The van der Waals surface area contributed by atoms with Gasteiger partial charge >= 0.3 is 5.97 Å². The lowest BCUT2D eigenvalue weighted by molar-refractivity contribution is 0.0601. The number of rotatable bonds is 2. The summed E-state index contributed by atoms with van der Waals surface area (Å²) in [4.78, 5) is 22.9. The molecule has 0 N–H and O–H groups in total. The van der Waals surface area contributed by atoms with Crippen LogP contribution in [0.2, 0.25) is 0 Å². The molecule has 0 aliphatic carbocycles. The van der Waals surface area contributed by atoms with Gasteiger partial charge in [0.2, 0.25) is 0 Å². The van der Waals surface area contributed by atoms with Crippen molar-refractivity contribution in [3.8, 4) is 0 Å². The van der Waals surface area contributed by atoms with Crippen molar-refractivity contribution in [2.45, 2.75) is 6.92 Å². The van der Waals surface area contributed by atoms with Gasteiger partial charge in [-0.15, -0.1) is 11.3 Å². The number of carbonyl (C=O) groups excluding carboxylic acids is 2. The summed E-state index contributed by atoms with van der Waals surface area (Å²) < 4.78 is 5.66. The highest BCUT2D eigenvalue weighted by Crippen LogP contribution is 2.30. The van der Waals surface area contributed by atoms with E-state index in [1.165, 1.54) is 18.4 Å². The number of esters is 1. The first-order valence-electron chi connectivity index (χ1n) is 4.74. The van der Waals surface area contributed by atoms with Crippen molar-refractivity contribution in [2.24, 2.45) is 0 Å². The molecule has 1 aromatic carbocycles. The van der Waals surface area contributed by atoms with Crippen LogP contribution in [0.25, 0.3) is 10.1 Å². The van der Waals surface area contributed by atoms with Crippen LogP contribution in [0.5, 0.6) is 0 Å². The Balaban J connectivity index is 2.65. The summed E-state index contributed by atoms with van der Waals surface area (Å²) >= 11 is 1.43. The molecule has 0 bridgehead atoms. The molecule has 0 atom stereocenters. The molecule has 4 heteroatoms. The molecule has 1 heterocycles. The Labute approximate surface area is 96.6 Å². The maximum absolute atomic E-state index is 11.4. The second kappa shape index (κ2) is 4.06. The Bertz CT molecular complexity index is 569. The molecule has 0 unspecified atom stereocenters. The zero-order valence-corrected chi connectivity index (χ0v) is 9.76. The number of methoxy groups -OCH3 is 1. The van der Waals surface area contributed by atoms with E-state index in [4.69, 9.17) is 0 Å². The predicted molar refractivity (Wildman–Crippen MR) is 63.3 cm³/mol. The third-order valence-electron chi connectivity index (χ3n) is 2.50. The normalized spacial score (nSPS) is 10.4. The van der Waals surface area contributed by atoms with Gasteiger partial charge in [-0.1, -0.05) is 0 Å². The van der Waals surface area contributed by atoms with E-state index in [9.17, 15) is 9.59 Å². The predicted octanol–water partition coefficient (Wildman–Crippen LogP) is 2.81. The van der Waals surface area contributed by atoms with Gasteiger partial charge in [-0.05, 0) is 36.1 Å². The minimum absolute atomic E-state index is 0.361. The third kappa shape index (κ3) is 1.61. The first kappa shape index (κ1) is 10.8. The van der Waals surface area contributed by atoms with Gasteiger partial charge in [-0.3, -0.25) is 4.79 Å². The van der Waals surface area contributed by atoms with Gasteiger partial charge in [-0.2, -0.15) is 0 Å². The second-order valence-corrected chi connectivity index (χ2v) is 4.50. The molecule has 1 aromatic heterocycles. The van der Waals surface area contributed by atoms with Crippen LogP contribution in [-0.4, -0.2) is 19.4 Å². The molecule has 0 spiro atoms. The van der Waals surface area contributed by atoms with Crippen molar-refractivity contribution < 1.29 is 14.3 Å². The fraction of sp³-hybridized carbons (Fsp3) is 0.167. The number of aldehydes is 1. The molecule has 0 fully saturated rings. The van der Waals surface area contributed by atoms with Gasteiger partial charge in [0.15, 0.2) is 6.29 Å². The Kier molecular flexibility index (Phi) is 2.75. The smallest absolute Gasteiger partial charge is 0.337 e. The van der Waals surface area contributed by atoms with Crippen LogP contribution in [0.15, 0.2) is 18.2 Å². The van der Waals surface area contributed by atoms with Crippen LogP contribution in [0.4, 0.5) is 0 Å². The quantitative estimate of drug-likeness (QED) is 0.592. The van der Waals surface area contributed by atoms with Crippen molar-refractivity contribution in [3.05, 3.63) is 34.2 Å². The van der Waals surface area contributed by atoms with E-state index in [1.807, 2.05) is 13.0 Å². The number of ether oxygens (including phenoxy) is 1. The van der Waals surface area contributed by atoms with Crippen molar-refractivity contribution in [1.82, 2.24) is 0 Å². The number of thiophene rings is 1. The van der Waals surface area contributed by atoms with Gasteiger partial charge in [0.05, 0.1) is 17.6 Å². The van der Waals surface area contributed by atoms with Crippen molar-refractivity contribution >= 4 is 33.7 Å². The monoisotopic (exact) mass is 234 g/mol. The standard InChI is InChI=1S/C12H10O3S/c1-7-9-5-8(12(14)15-2)3-4-10(9)16-11(7)6-13/h3-6H,1-2H3. The summed E-state index contributed by atoms with van der Waals surface area (Å²) in [5.41, 5.74) is 1.43. The van der Waals surface area contributed by atoms with Crippen LogP contribution in [0, 0.1) is 6.92 Å². The van der Waals surface area contributed by atoms with E-state index in [0.717, 1.165) is 21.9 Å². The average Bonchev–Trinajstić information content (AvgIpc) is 2.64. The lowest BCUT2D eigenvalue weighted by atomic mass is 10.1. The minimum Gasteiger partial charge on any atom is -0.465 e.